The number of allylic oxidation sites excluding steroid dienone is 1. The van der Waals surface area contributed by atoms with E-state index >= 15 is 0 Å². The first kappa shape index (κ1) is 33.1. The van der Waals surface area contributed by atoms with Gasteiger partial charge >= 0.3 is 0 Å². The molecule has 1 amide bonds. The number of amides is 1. The van der Waals surface area contributed by atoms with Crippen molar-refractivity contribution in [1.82, 2.24) is 9.88 Å². The van der Waals surface area contributed by atoms with Crippen LogP contribution in [-0.2, 0) is 11.2 Å². The molecule has 0 aliphatic heterocycles. The largest absolute Gasteiger partial charge is 0.492 e. The second kappa shape index (κ2) is 16.3. The van der Waals surface area contributed by atoms with Gasteiger partial charge in [0.25, 0.3) is 0 Å². The highest BCUT2D eigenvalue weighted by Crippen LogP contribution is 2.38. The number of ether oxygens (including phenoxy) is 2. The van der Waals surface area contributed by atoms with Crippen LogP contribution in [-0.4, -0.2) is 62.4 Å². The molecule has 1 heterocycles. The quantitative estimate of drug-likeness (QED) is 0.152. The second-order valence-corrected chi connectivity index (χ2v) is 10.2. The first-order valence-corrected chi connectivity index (χ1v) is 14.6. The number of nitrogens with zero attached hydrogens (tertiary/aromatic N) is 4. The molecule has 2 aromatic carbocycles. The van der Waals surface area contributed by atoms with Crippen molar-refractivity contribution in [2.75, 3.05) is 51.5 Å². The highest BCUT2D eigenvalue weighted by molar-refractivity contribution is 6.32. The van der Waals surface area contributed by atoms with E-state index in [0.29, 0.717) is 75.3 Å². The number of pyridine rings is 1. The number of aliphatic imine (C=N–C) groups is 1. The molecule has 0 atom stereocenters. The maximum Gasteiger partial charge on any atom is 0.248 e. The topological polar surface area (TPSA) is 112 Å². The first-order chi connectivity index (χ1) is 20.7. The van der Waals surface area contributed by atoms with E-state index in [-0.39, 0.29) is 12.5 Å². The van der Waals surface area contributed by atoms with Gasteiger partial charge in [-0.2, -0.15) is 5.26 Å². The van der Waals surface area contributed by atoms with Gasteiger partial charge in [-0.3, -0.25) is 14.8 Å². The Bertz CT molecular complexity index is 1570. The molecule has 0 radical (unpaired) electrons. The molecule has 0 saturated heterocycles. The van der Waals surface area contributed by atoms with Crippen molar-refractivity contribution in [2.24, 2.45) is 4.99 Å². The lowest BCUT2D eigenvalue weighted by Crippen LogP contribution is -2.13. The molecule has 0 unspecified atom stereocenters. The number of halogens is 1. The van der Waals surface area contributed by atoms with Gasteiger partial charge in [-0.25, -0.2) is 0 Å². The third-order valence-electron chi connectivity index (χ3n) is 6.32. The molecule has 0 aliphatic carbocycles. The van der Waals surface area contributed by atoms with Gasteiger partial charge in [0.1, 0.15) is 24.2 Å². The molecule has 1 aromatic heterocycles. The molecule has 0 bridgehead atoms. The fourth-order valence-corrected chi connectivity index (χ4v) is 4.43. The average molecular weight is 603 g/mol. The number of hydrogen-bond acceptors (Lipinski definition) is 8. The van der Waals surface area contributed by atoms with Crippen molar-refractivity contribution >= 4 is 51.2 Å². The van der Waals surface area contributed by atoms with Crippen LogP contribution < -0.4 is 20.1 Å². The van der Waals surface area contributed by atoms with Crippen LogP contribution in [0.15, 0.2) is 59.6 Å². The molecule has 10 heteroatoms. The summed E-state index contributed by atoms with van der Waals surface area (Å²) in [5.41, 5.74) is 4.16. The number of aromatic nitrogens is 1. The molecule has 0 fully saturated rings. The Morgan fingerprint density at radius 3 is 2.53 bits per heavy atom. The van der Waals surface area contributed by atoms with Crippen LogP contribution in [0.25, 0.3) is 10.9 Å². The summed E-state index contributed by atoms with van der Waals surface area (Å²) in [4.78, 5) is 23.7. The first-order valence-electron chi connectivity index (χ1n) is 14.2. The van der Waals surface area contributed by atoms with Crippen LogP contribution in [0.1, 0.15) is 38.4 Å². The predicted octanol–water partition coefficient (Wildman–Crippen LogP) is 6.94. The lowest BCUT2D eigenvalue weighted by atomic mass is 10.0. The van der Waals surface area contributed by atoms with E-state index in [9.17, 15) is 10.1 Å². The maximum absolute atomic E-state index is 12.7. The standard InChI is InChI=1S/C33H39ClN6O3/c1-7-10-12-23(36-4)21-43-30-15-14-22(17-26(30)34)37-33-24-18-29(39-32(41)13-11-16-40(5)6)31(42-9-3)19-28(24)38-27(8-2)25(33)20-35/h10-15,17-19H,7-9,16,21H2,1-6H3,(H,37,38)(H,39,41)/b12-10-,13-11+,36-23?. The highest BCUT2D eigenvalue weighted by Gasteiger charge is 2.19. The van der Waals surface area contributed by atoms with Crippen molar-refractivity contribution in [3.63, 3.8) is 0 Å². The number of hydrogen-bond donors (Lipinski definition) is 2. The summed E-state index contributed by atoms with van der Waals surface area (Å²) in [5.74, 6) is 0.711. The van der Waals surface area contributed by atoms with Crippen LogP contribution in [0.2, 0.25) is 5.02 Å². The number of anilines is 3. The maximum atomic E-state index is 12.7. The smallest absolute Gasteiger partial charge is 0.248 e. The lowest BCUT2D eigenvalue weighted by Gasteiger charge is -2.18. The van der Waals surface area contributed by atoms with Crippen LogP contribution in [0.4, 0.5) is 17.1 Å². The fraction of sp³-hybridized carbons (Fsp3) is 0.333. The molecule has 3 rings (SSSR count). The van der Waals surface area contributed by atoms with Crippen LogP contribution in [0, 0.1) is 11.3 Å². The summed E-state index contributed by atoms with van der Waals surface area (Å²) >= 11 is 6.60. The van der Waals surface area contributed by atoms with Gasteiger partial charge in [0.05, 0.1) is 45.5 Å². The van der Waals surface area contributed by atoms with Gasteiger partial charge in [0.15, 0.2) is 0 Å². The summed E-state index contributed by atoms with van der Waals surface area (Å²) in [6.07, 6.45) is 8.67. The predicted molar refractivity (Wildman–Crippen MR) is 176 cm³/mol. The minimum absolute atomic E-state index is 0.286. The van der Waals surface area contributed by atoms with Gasteiger partial charge in [-0.1, -0.05) is 37.6 Å². The third kappa shape index (κ3) is 9.05. The summed E-state index contributed by atoms with van der Waals surface area (Å²) in [6.45, 7) is 7.19. The molecule has 43 heavy (non-hydrogen) atoms. The average Bonchev–Trinajstić information content (AvgIpc) is 2.98. The Labute approximate surface area is 258 Å². The van der Waals surface area contributed by atoms with E-state index < -0.39 is 0 Å². The minimum Gasteiger partial charge on any atom is -0.492 e. The van der Waals surface area contributed by atoms with E-state index in [4.69, 9.17) is 26.1 Å². The minimum atomic E-state index is -0.292. The Morgan fingerprint density at radius 1 is 1.12 bits per heavy atom. The van der Waals surface area contributed by atoms with E-state index in [1.807, 2.05) is 51.1 Å². The van der Waals surface area contributed by atoms with E-state index in [1.54, 1.807) is 37.4 Å². The van der Waals surface area contributed by atoms with E-state index in [0.717, 1.165) is 12.1 Å². The molecule has 0 spiro atoms. The van der Waals surface area contributed by atoms with E-state index in [1.165, 1.54) is 6.08 Å². The number of nitriles is 1. The second-order valence-electron chi connectivity index (χ2n) is 9.81. The van der Waals surface area contributed by atoms with Gasteiger partial charge in [0.2, 0.25) is 5.91 Å². The van der Waals surface area contributed by atoms with Crippen LogP contribution in [0.5, 0.6) is 11.5 Å². The highest BCUT2D eigenvalue weighted by atomic mass is 35.5. The molecule has 9 nitrogen and oxygen atoms in total. The molecule has 3 aromatic rings. The Balaban J connectivity index is 2.03. The number of rotatable bonds is 14. The number of nitrogens with one attached hydrogen (secondary N) is 2. The Morgan fingerprint density at radius 2 is 1.91 bits per heavy atom. The van der Waals surface area contributed by atoms with Gasteiger partial charge in [0, 0.05) is 36.8 Å². The van der Waals surface area contributed by atoms with Crippen LogP contribution >= 0.6 is 11.6 Å². The SMILES string of the molecule is CC/C=C\C(COc1ccc(Nc2c(C#N)c(CC)nc3cc(OCC)c(NC(=O)/C=C/CN(C)C)cc23)cc1Cl)=NC. The number of benzene rings is 2. The van der Waals surface area contributed by atoms with Gasteiger partial charge < -0.3 is 25.0 Å². The molecule has 0 aliphatic rings. The summed E-state index contributed by atoms with van der Waals surface area (Å²) in [5, 5.41) is 17.5. The zero-order chi connectivity index (χ0) is 31.4. The number of carbonyl (C=O) groups is 1. The normalized spacial score (nSPS) is 11.8. The van der Waals surface area contributed by atoms with Gasteiger partial charge in [-0.15, -0.1) is 0 Å². The van der Waals surface area contributed by atoms with Crippen molar-refractivity contribution in [3.05, 3.63) is 70.9 Å². The molecule has 0 saturated carbocycles. The summed E-state index contributed by atoms with van der Waals surface area (Å²) in [7, 11) is 5.57. The lowest BCUT2D eigenvalue weighted by molar-refractivity contribution is -0.111. The molecule has 2 N–H and O–H groups in total. The Hall–Kier alpha value is -4.39. The van der Waals surface area contributed by atoms with Crippen molar-refractivity contribution in [2.45, 2.75) is 33.6 Å². The van der Waals surface area contributed by atoms with Crippen molar-refractivity contribution in [3.8, 4) is 17.6 Å². The zero-order valence-corrected chi connectivity index (χ0v) is 26.4. The fourth-order valence-electron chi connectivity index (χ4n) is 4.20. The van der Waals surface area contributed by atoms with Gasteiger partial charge in [-0.05, 0) is 64.2 Å². The Kier molecular flexibility index (Phi) is 12.6. The number of fused-ring (bicyclic) bond motifs is 1. The zero-order valence-electron chi connectivity index (χ0n) is 25.6. The van der Waals surface area contributed by atoms with Crippen LogP contribution in [0.3, 0.4) is 0 Å². The number of aryl methyl sites for hydroxylation is 1. The molecule has 226 valence electrons. The number of carbonyl (C=O) groups excluding carboxylic acids is 1. The molecular weight excluding hydrogens is 564 g/mol. The summed E-state index contributed by atoms with van der Waals surface area (Å²) in [6, 6.07) is 11.2. The number of likely N-dealkylation sites (N-methyl/N-ethyl adjacent to an activating group) is 1. The van der Waals surface area contributed by atoms with Crippen molar-refractivity contribution < 1.29 is 14.3 Å². The van der Waals surface area contributed by atoms with E-state index in [2.05, 4.69) is 28.6 Å². The monoisotopic (exact) mass is 602 g/mol. The summed E-state index contributed by atoms with van der Waals surface area (Å²) < 4.78 is 11.8. The third-order valence-corrected chi connectivity index (χ3v) is 6.61. The molecular formula is C33H39ClN6O3. The van der Waals surface area contributed by atoms with Crippen molar-refractivity contribution in [1.29, 1.82) is 5.26 Å².